The summed E-state index contributed by atoms with van der Waals surface area (Å²) in [5.41, 5.74) is 1.11. The largest absolute Gasteiger partial charge is 0.0908 e. The van der Waals surface area contributed by atoms with Crippen molar-refractivity contribution in [3.63, 3.8) is 0 Å². The second-order valence-electron chi connectivity index (χ2n) is 2.24. The Kier molecular flexibility index (Phi) is 3.07. The molecule has 0 aliphatic rings. The monoisotopic (exact) mass is 162 g/mol. The summed E-state index contributed by atoms with van der Waals surface area (Å²) in [5, 5.41) is 1.28. The standard InChI is InChI=1S/C10H11P/c1-3-6-9(2)10-7-4-5-8-11-10/h3-8H,2H2,1H3/b6-3-. The highest BCUT2D eigenvalue weighted by atomic mass is 31.0. The summed E-state index contributed by atoms with van der Waals surface area (Å²) in [6.07, 6.45) is 4.04. The highest BCUT2D eigenvalue weighted by Gasteiger charge is 1.90. The van der Waals surface area contributed by atoms with Crippen molar-refractivity contribution in [2.75, 3.05) is 0 Å². The highest BCUT2D eigenvalue weighted by molar-refractivity contribution is 7.30. The van der Waals surface area contributed by atoms with Gasteiger partial charge in [0, 0.05) is 5.30 Å². The lowest BCUT2D eigenvalue weighted by atomic mass is 10.2. The Labute approximate surface area is 69.4 Å². The molecule has 0 aliphatic heterocycles. The molecule has 1 aromatic heterocycles. The first-order chi connectivity index (χ1) is 5.34. The van der Waals surface area contributed by atoms with Gasteiger partial charge in [0.1, 0.15) is 0 Å². The van der Waals surface area contributed by atoms with Crippen LogP contribution in [0.1, 0.15) is 12.2 Å². The molecule has 1 heteroatoms. The van der Waals surface area contributed by atoms with Gasteiger partial charge in [-0.25, -0.2) is 0 Å². The molecule has 11 heavy (non-hydrogen) atoms. The Morgan fingerprint density at radius 1 is 1.55 bits per heavy atom. The summed E-state index contributed by atoms with van der Waals surface area (Å²) < 4.78 is 0. The number of hydrogen-bond acceptors (Lipinski definition) is 0. The van der Waals surface area contributed by atoms with Crippen molar-refractivity contribution >= 4 is 13.8 Å². The van der Waals surface area contributed by atoms with Crippen molar-refractivity contribution in [2.24, 2.45) is 0 Å². The summed E-state index contributed by atoms with van der Waals surface area (Å²) >= 11 is 0. The van der Waals surface area contributed by atoms with Crippen molar-refractivity contribution in [2.45, 2.75) is 6.92 Å². The van der Waals surface area contributed by atoms with Gasteiger partial charge in [-0.3, -0.25) is 0 Å². The van der Waals surface area contributed by atoms with E-state index in [1.165, 1.54) is 13.5 Å². The van der Waals surface area contributed by atoms with Crippen LogP contribution in [0, 0.1) is 0 Å². The Balaban J connectivity index is 2.86. The lowest BCUT2D eigenvalue weighted by Crippen LogP contribution is -1.70. The zero-order chi connectivity index (χ0) is 8.10. The minimum atomic E-state index is 1.11. The molecule has 0 aromatic carbocycles. The molecule has 1 rings (SSSR count). The molecule has 0 fully saturated rings. The summed E-state index contributed by atoms with van der Waals surface area (Å²) in [5.74, 6) is 2.12. The van der Waals surface area contributed by atoms with Gasteiger partial charge in [0.25, 0.3) is 0 Å². The summed E-state index contributed by atoms with van der Waals surface area (Å²) in [7, 11) is 1.25. The van der Waals surface area contributed by atoms with Gasteiger partial charge in [0.2, 0.25) is 0 Å². The van der Waals surface area contributed by atoms with E-state index in [1.807, 2.05) is 31.2 Å². The first-order valence-corrected chi connectivity index (χ1v) is 4.54. The SMILES string of the molecule is C=C(/C=C\C)c1ccccp1. The van der Waals surface area contributed by atoms with Crippen molar-refractivity contribution in [3.05, 3.63) is 48.0 Å². The second-order valence-corrected chi connectivity index (χ2v) is 3.28. The van der Waals surface area contributed by atoms with Crippen LogP contribution in [-0.2, 0) is 0 Å². The maximum Gasteiger partial charge on any atom is 0.00841 e. The molecule has 0 aliphatic carbocycles. The number of rotatable bonds is 2. The zero-order valence-electron chi connectivity index (χ0n) is 6.62. The zero-order valence-corrected chi connectivity index (χ0v) is 7.51. The third-order valence-electron chi connectivity index (χ3n) is 1.36. The molecule has 0 saturated heterocycles. The smallest absolute Gasteiger partial charge is 0.00841 e. The molecule has 1 aromatic rings. The molecule has 1 heterocycles. The lowest BCUT2D eigenvalue weighted by molar-refractivity contribution is 1.72. The fourth-order valence-corrected chi connectivity index (χ4v) is 1.60. The Morgan fingerprint density at radius 3 is 2.91 bits per heavy atom. The van der Waals surface area contributed by atoms with Crippen molar-refractivity contribution in [3.8, 4) is 0 Å². The molecule has 0 N–H and O–H groups in total. The molecule has 56 valence electrons. The molecule has 0 bridgehead atoms. The van der Waals surface area contributed by atoms with E-state index in [9.17, 15) is 0 Å². The quantitative estimate of drug-likeness (QED) is 0.579. The molecular weight excluding hydrogens is 151 g/mol. The average Bonchev–Trinajstić information content (AvgIpc) is 2.07. The summed E-state index contributed by atoms with van der Waals surface area (Å²) in [6.45, 7) is 5.96. The van der Waals surface area contributed by atoms with E-state index in [2.05, 4.69) is 18.4 Å². The summed E-state index contributed by atoms with van der Waals surface area (Å²) in [6, 6.07) is 6.19. The highest BCUT2D eigenvalue weighted by Crippen LogP contribution is 2.21. The minimum absolute atomic E-state index is 1.11. The van der Waals surface area contributed by atoms with Crippen molar-refractivity contribution < 1.29 is 0 Å². The minimum Gasteiger partial charge on any atom is -0.0908 e. The topological polar surface area (TPSA) is 0 Å². The molecule has 0 atom stereocenters. The Bertz CT molecular complexity index is 259. The molecule has 0 spiro atoms. The van der Waals surface area contributed by atoms with Gasteiger partial charge in [0.15, 0.2) is 0 Å². The first kappa shape index (κ1) is 8.23. The van der Waals surface area contributed by atoms with Gasteiger partial charge in [-0.05, 0) is 24.4 Å². The Morgan fingerprint density at radius 2 is 2.36 bits per heavy atom. The van der Waals surface area contributed by atoms with Crippen LogP contribution in [0.15, 0.2) is 42.7 Å². The molecule has 0 unspecified atom stereocenters. The van der Waals surface area contributed by atoms with E-state index in [1.54, 1.807) is 0 Å². The Hall–Kier alpha value is -0.870. The number of hydrogen-bond donors (Lipinski definition) is 0. The van der Waals surface area contributed by atoms with Crippen molar-refractivity contribution in [1.29, 1.82) is 0 Å². The predicted molar refractivity (Wildman–Crippen MR) is 52.8 cm³/mol. The maximum atomic E-state index is 3.95. The third-order valence-corrected chi connectivity index (χ3v) is 2.40. The van der Waals surface area contributed by atoms with Crippen LogP contribution in [-0.4, -0.2) is 0 Å². The molecule has 0 saturated carbocycles. The fourth-order valence-electron chi connectivity index (χ4n) is 0.839. The third kappa shape index (κ3) is 2.32. The van der Waals surface area contributed by atoms with Gasteiger partial charge in [-0.15, -0.1) is 0 Å². The van der Waals surface area contributed by atoms with Crippen molar-refractivity contribution in [1.82, 2.24) is 0 Å². The number of allylic oxidation sites excluding steroid dienone is 3. The van der Waals surface area contributed by atoms with E-state index in [0.29, 0.717) is 0 Å². The first-order valence-electron chi connectivity index (χ1n) is 3.57. The predicted octanol–water partition coefficient (Wildman–Crippen LogP) is 3.86. The van der Waals surface area contributed by atoms with Gasteiger partial charge in [-0.2, -0.15) is 0 Å². The fraction of sp³-hybridized carbons (Fsp3) is 0.100. The molecule has 0 radical (unpaired) electrons. The lowest BCUT2D eigenvalue weighted by Gasteiger charge is -1.96. The van der Waals surface area contributed by atoms with E-state index < -0.39 is 0 Å². The molecule has 0 nitrogen and oxygen atoms in total. The van der Waals surface area contributed by atoms with Gasteiger partial charge in [0.05, 0.1) is 0 Å². The van der Waals surface area contributed by atoms with Crippen LogP contribution >= 0.6 is 8.19 Å². The van der Waals surface area contributed by atoms with Crippen LogP contribution in [0.5, 0.6) is 0 Å². The maximum absolute atomic E-state index is 3.95. The summed E-state index contributed by atoms with van der Waals surface area (Å²) in [4.78, 5) is 0. The van der Waals surface area contributed by atoms with Crippen LogP contribution in [0.3, 0.4) is 0 Å². The van der Waals surface area contributed by atoms with Crippen LogP contribution in [0.25, 0.3) is 5.57 Å². The molecule has 0 amide bonds. The van der Waals surface area contributed by atoms with Crippen LogP contribution in [0.2, 0.25) is 0 Å². The van der Waals surface area contributed by atoms with E-state index >= 15 is 0 Å². The van der Waals surface area contributed by atoms with Gasteiger partial charge < -0.3 is 0 Å². The van der Waals surface area contributed by atoms with Crippen LogP contribution in [0.4, 0.5) is 0 Å². The van der Waals surface area contributed by atoms with E-state index in [4.69, 9.17) is 0 Å². The molecular formula is C10H11P. The average molecular weight is 162 g/mol. The van der Waals surface area contributed by atoms with E-state index in [0.717, 1.165) is 5.57 Å². The van der Waals surface area contributed by atoms with Gasteiger partial charge in [-0.1, -0.05) is 39.1 Å². The van der Waals surface area contributed by atoms with E-state index in [-0.39, 0.29) is 0 Å². The van der Waals surface area contributed by atoms with Crippen LogP contribution < -0.4 is 0 Å². The second kappa shape index (κ2) is 4.10. The normalized spacial score (nSPS) is 11.0. The van der Waals surface area contributed by atoms with Gasteiger partial charge >= 0.3 is 0 Å².